The van der Waals surface area contributed by atoms with Crippen molar-refractivity contribution in [1.29, 1.82) is 0 Å². The smallest absolute Gasteiger partial charge is 0.419 e. The second kappa shape index (κ2) is 9.68. The van der Waals surface area contributed by atoms with Crippen LogP contribution >= 0.6 is 23.2 Å². The van der Waals surface area contributed by atoms with Gasteiger partial charge in [-0.3, -0.25) is 0 Å². The number of hydrogen-bond donors (Lipinski definition) is 1. The summed E-state index contributed by atoms with van der Waals surface area (Å²) in [6.45, 7) is 0.958. The lowest BCUT2D eigenvalue weighted by Crippen LogP contribution is -2.13. The Morgan fingerprint density at radius 1 is 1.12 bits per heavy atom. The number of rotatable bonds is 7. The summed E-state index contributed by atoms with van der Waals surface area (Å²) in [5.41, 5.74) is 0.266. The van der Waals surface area contributed by atoms with Crippen molar-refractivity contribution in [3.05, 3.63) is 63.5 Å². The Morgan fingerprint density at radius 2 is 1.97 bits per heavy atom. The highest BCUT2D eigenvalue weighted by molar-refractivity contribution is 6.42. The Morgan fingerprint density at radius 3 is 2.69 bits per heavy atom. The van der Waals surface area contributed by atoms with Crippen molar-refractivity contribution >= 4 is 23.2 Å². The second-order valence-corrected chi connectivity index (χ2v) is 8.33. The average molecular weight is 486 g/mol. The zero-order valence-electron chi connectivity index (χ0n) is 16.9. The van der Waals surface area contributed by atoms with E-state index in [2.05, 4.69) is 15.5 Å². The summed E-state index contributed by atoms with van der Waals surface area (Å²) in [6.07, 6.45) is -1.65. The van der Waals surface area contributed by atoms with Gasteiger partial charge in [-0.25, -0.2) is 0 Å². The number of halogens is 5. The van der Waals surface area contributed by atoms with Crippen LogP contribution < -0.4 is 10.1 Å². The van der Waals surface area contributed by atoms with Crippen LogP contribution in [0.1, 0.15) is 42.3 Å². The first-order valence-electron chi connectivity index (χ1n) is 10.2. The van der Waals surface area contributed by atoms with E-state index < -0.39 is 11.7 Å². The normalized spacial score (nSPS) is 16.5. The van der Waals surface area contributed by atoms with Gasteiger partial charge < -0.3 is 14.6 Å². The van der Waals surface area contributed by atoms with Crippen molar-refractivity contribution in [2.24, 2.45) is 0 Å². The third kappa shape index (κ3) is 5.36. The topological polar surface area (TPSA) is 60.2 Å². The summed E-state index contributed by atoms with van der Waals surface area (Å²) < 4.78 is 51.7. The van der Waals surface area contributed by atoms with Crippen molar-refractivity contribution in [3.63, 3.8) is 0 Å². The summed E-state index contributed by atoms with van der Waals surface area (Å²) in [7, 11) is 0. The maximum atomic E-state index is 13.7. The first kappa shape index (κ1) is 22.9. The number of aromatic nitrogens is 2. The molecule has 4 rings (SSSR count). The predicted molar refractivity (Wildman–Crippen MR) is 115 cm³/mol. The van der Waals surface area contributed by atoms with E-state index in [1.54, 1.807) is 12.1 Å². The quantitative estimate of drug-likeness (QED) is 0.387. The van der Waals surface area contributed by atoms with Crippen LogP contribution in [0.15, 0.2) is 40.9 Å². The highest BCUT2D eigenvalue weighted by atomic mass is 35.5. The summed E-state index contributed by atoms with van der Waals surface area (Å²) in [4.78, 5) is 4.27. The maximum Gasteiger partial charge on any atom is 0.419 e. The molecule has 1 saturated heterocycles. The number of nitrogens with one attached hydrogen (secondary N) is 1. The van der Waals surface area contributed by atoms with Gasteiger partial charge >= 0.3 is 6.18 Å². The largest absolute Gasteiger partial charge is 0.493 e. The summed E-state index contributed by atoms with van der Waals surface area (Å²) in [6, 6.07) is 8.97. The van der Waals surface area contributed by atoms with Crippen molar-refractivity contribution in [2.75, 3.05) is 13.2 Å². The van der Waals surface area contributed by atoms with Gasteiger partial charge in [-0.05, 0) is 68.1 Å². The molecule has 5 nitrogen and oxygen atoms in total. The minimum atomic E-state index is -4.59. The number of aryl methyl sites for hydroxylation is 1. The molecule has 0 spiro atoms. The molecule has 3 aromatic rings. The van der Waals surface area contributed by atoms with E-state index in [9.17, 15) is 13.2 Å². The lowest BCUT2D eigenvalue weighted by atomic mass is 10.1. The Bertz CT molecular complexity index is 1080. The number of benzene rings is 2. The Labute approximate surface area is 192 Å². The minimum Gasteiger partial charge on any atom is -0.493 e. The van der Waals surface area contributed by atoms with Crippen LogP contribution in [0.5, 0.6) is 5.75 Å². The summed E-state index contributed by atoms with van der Waals surface area (Å²) in [5.74, 6) is 0.260. The van der Waals surface area contributed by atoms with Crippen molar-refractivity contribution in [2.45, 2.75) is 37.9 Å². The summed E-state index contributed by atoms with van der Waals surface area (Å²) >= 11 is 11.9. The molecular formula is C22H20Cl2F3N3O2. The van der Waals surface area contributed by atoms with E-state index in [-0.39, 0.29) is 29.8 Å². The molecule has 0 bridgehead atoms. The molecule has 0 saturated carbocycles. The van der Waals surface area contributed by atoms with Gasteiger partial charge in [-0.2, -0.15) is 18.2 Å². The fraction of sp³-hybridized carbons (Fsp3) is 0.364. The molecule has 10 heteroatoms. The standard InChI is InChI=1S/C22H20Cl2F3N3O2/c23-16-7-5-13(11-17(16)24)3-2-10-31-19-8-6-14(12-15(19)22(25,26)27)20-29-21(32-30-20)18-4-1-9-28-18/h5-8,11-12,18,28H,1-4,9-10H2/t18-/m0/s1. The predicted octanol–water partition coefficient (Wildman–Crippen LogP) is 6.50. The zero-order valence-corrected chi connectivity index (χ0v) is 18.4. The molecule has 1 N–H and O–H groups in total. The third-order valence-electron chi connectivity index (χ3n) is 5.19. The van der Waals surface area contributed by atoms with E-state index >= 15 is 0 Å². The maximum absolute atomic E-state index is 13.7. The molecule has 0 aliphatic carbocycles. The molecule has 1 atom stereocenters. The molecule has 1 aliphatic rings. The average Bonchev–Trinajstić information content (AvgIpc) is 3.45. The van der Waals surface area contributed by atoms with Crippen LogP contribution in [0, 0.1) is 0 Å². The van der Waals surface area contributed by atoms with Gasteiger partial charge in [-0.1, -0.05) is 34.4 Å². The van der Waals surface area contributed by atoms with E-state index in [4.69, 9.17) is 32.5 Å². The van der Waals surface area contributed by atoms with E-state index in [1.807, 2.05) is 6.07 Å². The molecule has 0 amide bonds. The molecular weight excluding hydrogens is 466 g/mol. The van der Waals surface area contributed by atoms with Crippen LogP contribution in [-0.4, -0.2) is 23.3 Å². The molecule has 0 unspecified atom stereocenters. The van der Waals surface area contributed by atoms with Gasteiger partial charge in [0.05, 0.1) is 28.3 Å². The van der Waals surface area contributed by atoms with Crippen LogP contribution in [0.3, 0.4) is 0 Å². The van der Waals surface area contributed by atoms with Crippen molar-refractivity contribution < 1.29 is 22.4 Å². The molecule has 0 radical (unpaired) electrons. The number of alkyl halides is 3. The SMILES string of the molecule is FC(F)(F)c1cc(-c2noc([C@@H]3CCCN3)n2)ccc1OCCCc1ccc(Cl)c(Cl)c1. The van der Waals surface area contributed by atoms with Crippen molar-refractivity contribution in [1.82, 2.24) is 15.5 Å². The molecule has 32 heavy (non-hydrogen) atoms. The van der Waals surface area contributed by atoms with E-state index in [1.165, 1.54) is 12.1 Å². The highest BCUT2D eigenvalue weighted by Gasteiger charge is 2.35. The van der Waals surface area contributed by atoms with E-state index in [0.29, 0.717) is 28.8 Å². The van der Waals surface area contributed by atoms with Gasteiger partial charge in [0, 0.05) is 5.56 Å². The van der Waals surface area contributed by atoms with Crippen LogP contribution in [0.25, 0.3) is 11.4 Å². The molecule has 1 aromatic heterocycles. The zero-order chi connectivity index (χ0) is 22.7. The van der Waals surface area contributed by atoms with Gasteiger partial charge in [0.2, 0.25) is 11.7 Å². The van der Waals surface area contributed by atoms with Crippen LogP contribution in [0.2, 0.25) is 10.0 Å². The Kier molecular flexibility index (Phi) is 6.93. The Balaban J connectivity index is 1.44. The van der Waals surface area contributed by atoms with Crippen molar-refractivity contribution in [3.8, 4) is 17.1 Å². The number of hydrogen-bond acceptors (Lipinski definition) is 5. The molecule has 1 aliphatic heterocycles. The Hall–Kier alpha value is -2.29. The lowest BCUT2D eigenvalue weighted by Gasteiger charge is -2.15. The number of nitrogens with zero attached hydrogens (tertiary/aromatic N) is 2. The van der Waals surface area contributed by atoms with Gasteiger partial charge in [-0.15, -0.1) is 0 Å². The molecule has 2 heterocycles. The third-order valence-corrected chi connectivity index (χ3v) is 5.93. The second-order valence-electron chi connectivity index (χ2n) is 7.51. The van der Waals surface area contributed by atoms with Crippen LogP contribution in [-0.2, 0) is 12.6 Å². The summed E-state index contributed by atoms with van der Waals surface area (Å²) in [5, 5.41) is 7.96. The monoisotopic (exact) mass is 485 g/mol. The fourth-order valence-electron chi connectivity index (χ4n) is 3.56. The minimum absolute atomic E-state index is 0.0588. The van der Waals surface area contributed by atoms with E-state index in [0.717, 1.165) is 31.0 Å². The molecule has 1 fully saturated rings. The number of ether oxygens (including phenoxy) is 1. The first-order valence-corrected chi connectivity index (χ1v) is 10.9. The van der Waals surface area contributed by atoms with Gasteiger partial charge in [0.1, 0.15) is 5.75 Å². The lowest BCUT2D eigenvalue weighted by molar-refractivity contribution is -0.138. The van der Waals surface area contributed by atoms with Crippen LogP contribution in [0.4, 0.5) is 13.2 Å². The fourth-order valence-corrected chi connectivity index (χ4v) is 3.88. The highest BCUT2D eigenvalue weighted by Crippen LogP contribution is 2.38. The first-order chi connectivity index (χ1) is 15.3. The molecule has 2 aromatic carbocycles. The molecule has 170 valence electrons. The van der Waals surface area contributed by atoms with Gasteiger partial charge in [0.25, 0.3) is 0 Å². The van der Waals surface area contributed by atoms with Gasteiger partial charge in [0.15, 0.2) is 0 Å².